The Morgan fingerprint density at radius 1 is 1.47 bits per heavy atom. The summed E-state index contributed by atoms with van der Waals surface area (Å²) in [7, 11) is 1.55. The molecule has 15 heavy (non-hydrogen) atoms. The van der Waals surface area contributed by atoms with Crippen molar-refractivity contribution in [3.63, 3.8) is 0 Å². The maximum absolute atomic E-state index is 12.4. The van der Waals surface area contributed by atoms with Gasteiger partial charge < -0.3 is 10.3 Å². The molecule has 0 unspecified atom stereocenters. The van der Waals surface area contributed by atoms with E-state index in [-0.39, 0.29) is 12.4 Å². The Bertz CT molecular complexity index is 411. The number of H-pyrrole nitrogens is 1. The Labute approximate surface area is 83.5 Å². The van der Waals surface area contributed by atoms with Crippen molar-refractivity contribution in [2.75, 3.05) is 7.05 Å². The van der Waals surface area contributed by atoms with Crippen molar-refractivity contribution in [2.45, 2.75) is 19.6 Å². The molecule has 0 radical (unpaired) electrons. The first kappa shape index (κ1) is 11.7. The van der Waals surface area contributed by atoms with Crippen LogP contribution < -0.4 is 10.9 Å². The Hall–Kier alpha value is -1.37. The summed E-state index contributed by atoms with van der Waals surface area (Å²) in [6, 6.07) is 0. The van der Waals surface area contributed by atoms with Gasteiger partial charge in [-0.25, -0.2) is 4.98 Å². The van der Waals surface area contributed by atoms with Crippen molar-refractivity contribution in [1.29, 1.82) is 0 Å². The minimum atomic E-state index is -4.60. The van der Waals surface area contributed by atoms with Gasteiger partial charge in [0.25, 0.3) is 5.56 Å². The van der Waals surface area contributed by atoms with E-state index in [1.54, 1.807) is 7.05 Å². The predicted octanol–water partition coefficient (Wildman–Crippen LogP) is 0.817. The van der Waals surface area contributed by atoms with Crippen molar-refractivity contribution < 1.29 is 13.2 Å². The number of hydrogen-bond acceptors (Lipinski definition) is 3. The zero-order valence-corrected chi connectivity index (χ0v) is 8.20. The third-order valence-electron chi connectivity index (χ3n) is 1.81. The Balaban J connectivity index is 3.32. The van der Waals surface area contributed by atoms with Crippen molar-refractivity contribution in [3.8, 4) is 0 Å². The molecule has 0 bridgehead atoms. The number of rotatable bonds is 2. The second kappa shape index (κ2) is 4.01. The molecule has 1 aromatic rings. The Kier molecular flexibility index (Phi) is 3.13. The normalized spacial score (nSPS) is 11.8. The van der Waals surface area contributed by atoms with E-state index >= 15 is 0 Å². The molecule has 0 amide bonds. The van der Waals surface area contributed by atoms with Crippen LogP contribution in [0.4, 0.5) is 13.2 Å². The number of nitrogens with one attached hydrogen (secondary N) is 2. The highest BCUT2D eigenvalue weighted by atomic mass is 19.4. The Morgan fingerprint density at radius 2 is 2.07 bits per heavy atom. The highest BCUT2D eigenvalue weighted by Gasteiger charge is 2.35. The molecule has 0 spiro atoms. The van der Waals surface area contributed by atoms with Gasteiger partial charge in [0.1, 0.15) is 5.82 Å². The first-order valence-corrected chi connectivity index (χ1v) is 4.18. The summed E-state index contributed by atoms with van der Waals surface area (Å²) in [5.74, 6) is -0.0274. The standard InChI is InChI=1S/C8H10F3N3O/c1-4-6(8(9,10)11)13-5(3-12-2)14-7(4)15/h12H,3H2,1-2H3,(H,13,14,15). The molecule has 0 aliphatic carbocycles. The van der Waals surface area contributed by atoms with Crippen LogP contribution in [0, 0.1) is 6.92 Å². The highest BCUT2D eigenvalue weighted by molar-refractivity contribution is 5.18. The summed E-state index contributed by atoms with van der Waals surface area (Å²) in [5, 5.41) is 2.61. The first-order chi connectivity index (χ1) is 6.86. The molecule has 0 aliphatic heterocycles. The summed E-state index contributed by atoms with van der Waals surface area (Å²) < 4.78 is 37.2. The van der Waals surface area contributed by atoms with Crippen LogP contribution in [-0.2, 0) is 12.7 Å². The van der Waals surface area contributed by atoms with Crippen molar-refractivity contribution in [3.05, 3.63) is 27.4 Å². The molecule has 0 saturated carbocycles. The van der Waals surface area contributed by atoms with Crippen LogP contribution in [0.1, 0.15) is 17.1 Å². The van der Waals surface area contributed by atoms with E-state index in [1.165, 1.54) is 0 Å². The van der Waals surface area contributed by atoms with E-state index in [9.17, 15) is 18.0 Å². The maximum Gasteiger partial charge on any atom is 0.433 e. The van der Waals surface area contributed by atoms with Gasteiger partial charge in [0.15, 0.2) is 5.69 Å². The monoisotopic (exact) mass is 221 g/mol. The lowest BCUT2D eigenvalue weighted by Crippen LogP contribution is -2.24. The molecule has 2 N–H and O–H groups in total. The zero-order chi connectivity index (χ0) is 11.6. The van der Waals surface area contributed by atoms with E-state index in [1.807, 2.05) is 0 Å². The van der Waals surface area contributed by atoms with Crippen LogP contribution in [0.25, 0.3) is 0 Å². The van der Waals surface area contributed by atoms with E-state index in [0.29, 0.717) is 0 Å². The van der Waals surface area contributed by atoms with Crippen LogP contribution in [0.15, 0.2) is 4.79 Å². The average Bonchev–Trinajstić information content (AvgIpc) is 2.09. The van der Waals surface area contributed by atoms with Crippen LogP contribution in [-0.4, -0.2) is 17.0 Å². The second-order valence-electron chi connectivity index (χ2n) is 3.01. The van der Waals surface area contributed by atoms with Gasteiger partial charge in [0.2, 0.25) is 0 Å². The molecule has 0 aliphatic rings. The van der Waals surface area contributed by atoms with Gasteiger partial charge >= 0.3 is 6.18 Å². The third kappa shape index (κ3) is 2.56. The van der Waals surface area contributed by atoms with Crippen molar-refractivity contribution in [1.82, 2.24) is 15.3 Å². The molecule has 84 valence electrons. The fraction of sp³-hybridized carbons (Fsp3) is 0.500. The van der Waals surface area contributed by atoms with Gasteiger partial charge in [0, 0.05) is 5.56 Å². The summed E-state index contributed by atoms with van der Waals surface area (Å²) in [4.78, 5) is 16.8. The summed E-state index contributed by atoms with van der Waals surface area (Å²) in [6.45, 7) is 1.18. The predicted molar refractivity (Wildman–Crippen MR) is 47.4 cm³/mol. The van der Waals surface area contributed by atoms with Crippen LogP contribution >= 0.6 is 0 Å². The fourth-order valence-corrected chi connectivity index (χ4v) is 1.11. The van der Waals surface area contributed by atoms with Crippen molar-refractivity contribution >= 4 is 0 Å². The SMILES string of the molecule is CNCc1nc(C(F)(F)F)c(C)c(=O)[nH]1. The molecule has 0 fully saturated rings. The molecule has 1 rings (SSSR count). The first-order valence-electron chi connectivity index (χ1n) is 4.18. The average molecular weight is 221 g/mol. The minimum Gasteiger partial charge on any atom is -0.313 e. The van der Waals surface area contributed by atoms with Gasteiger partial charge in [-0.1, -0.05) is 0 Å². The van der Waals surface area contributed by atoms with E-state index in [0.717, 1.165) is 6.92 Å². The number of aromatic amines is 1. The minimum absolute atomic E-state index is 0.0274. The lowest BCUT2D eigenvalue weighted by molar-refractivity contribution is -0.142. The molecule has 1 aromatic heterocycles. The number of aromatic nitrogens is 2. The topological polar surface area (TPSA) is 57.8 Å². The zero-order valence-electron chi connectivity index (χ0n) is 8.20. The molecule has 4 nitrogen and oxygen atoms in total. The van der Waals surface area contributed by atoms with Gasteiger partial charge in [-0.15, -0.1) is 0 Å². The van der Waals surface area contributed by atoms with Gasteiger partial charge in [-0.3, -0.25) is 4.79 Å². The lowest BCUT2D eigenvalue weighted by Gasteiger charge is -2.09. The molecular weight excluding hydrogens is 211 g/mol. The maximum atomic E-state index is 12.4. The highest BCUT2D eigenvalue weighted by Crippen LogP contribution is 2.28. The fourth-order valence-electron chi connectivity index (χ4n) is 1.11. The molecule has 0 atom stereocenters. The third-order valence-corrected chi connectivity index (χ3v) is 1.81. The summed E-state index contributed by atoms with van der Waals surface area (Å²) in [5.41, 5.74) is -2.30. The van der Waals surface area contributed by atoms with E-state index < -0.39 is 23.0 Å². The smallest absolute Gasteiger partial charge is 0.313 e. The number of nitrogens with zero attached hydrogens (tertiary/aromatic N) is 1. The molecule has 0 aromatic carbocycles. The molecular formula is C8H10F3N3O. The van der Waals surface area contributed by atoms with E-state index in [2.05, 4.69) is 15.3 Å². The van der Waals surface area contributed by atoms with Gasteiger partial charge in [-0.2, -0.15) is 13.2 Å². The number of halogens is 3. The second-order valence-corrected chi connectivity index (χ2v) is 3.01. The Morgan fingerprint density at radius 3 is 2.53 bits per heavy atom. The van der Waals surface area contributed by atoms with E-state index in [4.69, 9.17) is 0 Å². The molecule has 0 saturated heterocycles. The van der Waals surface area contributed by atoms with Crippen LogP contribution in [0.5, 0.6) is 0 Å². The number of alkyl halides is 3. The van der Waals surface area contributed by atoms with Gasteiger partial charge in [0.05, 0.1) is 6.54 Å². The van der Waals surface area contributed by atoms with Gasteiger partial charge in [-0.05, 0) is 14.0 Å². The largest absolute Gasteiger partial charge is 0.433 e. The van der Waals surface area contributed by atoms with Crippen LogP contribution in [0.3, 0.4) is 0 Å². The lowest BCUT2D eigenvalue weighted by atomic mass is 10.2. The summed E-state index contributed by atoms with van der Waals surface area (Å²) in [6.07, 6.45) is -4.60. The number of hydrogen-bond donors (Lipinski definition) is 2. The quantitative estimate of drug-likeness (QED) is 0.777. The van der Waals surface area contributed by atoms with Crippen molar-refractivity contribution in [2.24, 2.45) is 0 Å². The molecule has 7 heteroatoms. The molecule has 1 heterocycles. The summed E-state index contributed by atoms with van der Waals surface area (Å²) >= 11 is 0. The van der Waals surface area contributed by atoms with Crippen LogP contribution in [0.2, 0.25) is 0 Å².